The lowest BCUT2D eigenvalue weighted by Crippen LogP contribution is -2.11. The lowest BCUT2D eigenvalue weighted by atomic mass is 9.97. The molecule has 4 heteroatoms. The van der Waals surface area contributed by atoms with Crippen molar-refractivity contribution in [2.24, 2.45) is 11.7 Å². The summed E-state index contributed by atoms with van der Waals surface area (Å²) in [5.41, 5.74) is 6.20. The molecule has 90 valence electrons. The first kappa shape index (κ1) is 12.6. The second kappa shape index (κ2) is 5.07. The van der Waals surface area contributed by atoms with Gasteiger partial charge >= 0.3 is 0 Å². The molecule has 5 N–H and O–H groups in total. The molecule has 0 aliphatic heterocycles. The van der Waals surface area contributed by atoms with Gasteiger partial charge in [-0.15, -0.1) is 0 Å². The van der Waals surface area contributed by atoms with E-state index in [9.17, 15) is 10.2 Å². The Labute approximate surface area is 95.3 Å². The van der Waals surface area contributed by atoms with Crippen molar-refractivity contribution < 1.29 is 15.3 Å². The standard InChI is InChI=1S/C12H19NO3/c1-7(2)3-4-9(13)12-10(15)5-8(14)6-11(12)16/h5-7,9,14-16H,3-4,13H2,1-2H3/t9-/m0/s1. The van der Waals surface area contributed by atoms with Crippen molar-refractivity contribution in [1.82, 2.24) is 0 Å². The Morgan fingerprint density at radius 3 is 2.00 bits per heavy atom. The van der Waals surface area contributed by atoms with E-state index in [1.807, 2.05) is 0 Å². The van der Waals surface area contributed by atoms with Gasteiger partial charge < -0.3 is 21.1 Å². The highest BCUT2D eigenvalue weighted by Crippen LogP contribution is 2.37. The van der Waals surface area contributed by atoms with Gasteiger partial charge in [-0.3, -0.25) is 0 Å². The van der Waals surface area contributed by atoms with E-state index in [-0.39, 0.29) is 17.2 Å². The zero-order valence-electron chi connectivity index (χ0n) is 9.64. The molecule has 1 atom stereocenters. The third kappa shape index (κ3) is 3.03. The summed E-state index contributed by atoms with van der Waals surface area (Å²) in [6, 6.07) is 1.96. The Morgan fingerprint density at radius 2 is 1.56 bits per heavy atom. The summed E-state index contributed by atoms with van der Waals surface area (Å²) in [6.45, 7) is 4.17. The van der Waals surface area contributed by atoms with Crippen LogP contribution in [0.2, 0.25) is 0 Å². The lowest BCUT2D eigenvalue weighted by Gasteiger charge is -2.16. The molecular formula is C12H19NO3. The van der Waals surface area contributed by atoms with Crippen LogP contribution in [0.5, 0.6) is 17.2 Å². The van der Waals surface area contributed by atoms with Gasteiger partial charge in [-0.2, -0.15) is 0 Å². The second-order valence-corrected chi connectivity index (χ2v) is 4.48. The molecule has 0 radical (unpaired) electrons. The van der Waals surface area contributed by atoms with E-state index >= 15 is 0 Å². The van der Waals surface area contributed by atoms with Crippen LogP contribution in [-0.2, 0) is 0 Å². The zero-order valence-corrected chi connectivity index (χ0v) is 9.64. The number of nitrogens with two attached hydrogens (primary N) is 1. The molecule has 0 saturated heterocycles. The summed E-state index contributed by atoms with van der Waals surface area (Å²) < 4.78 is 0. The Kier molecular flexibility index (Phi) is 4.01. The van der Waals surface area contributed by atoms with Crippen molar-refractivity contribution in [3.05, 3.63) is 17.7 Å². The van der Waals surface area contributed by atoms with E-state index in [0.717, 1.165) is 6.42 Å². The summed E-state index contributed by atoms with van der Waals surface area (Å²) in [6.07, 6.45) is 1.60. The molecule has 0 bridgehead atoms. The Bertz CT molecular complexity index is 340. The van der Waals surface area contributed by atoms with Crippen molar-refractivity contribution in [2.45, 2.75) is 32.7 Å². The predicted molar refractivity (Wildman–Crippen MR) is 62.4 cm³/mol. The van der Waals surface area contributed by atoms with Crippen LogP contribution in [0.3, 0.4) is 0 Å². The molecule has 0 spiro atoms. The minimum atomic E-state index is -0.414. The molecule has 0 heterocycles. The van der Waals surface area contributed by atoms with E-state index < -0.39 is 6.04 Å². The molecule has 1 aromatic carbocycles. The molecule has 0 saturated carbocycles. The quantitative estimate of drug-likeness (QED) is 0.633. The van der Waals surface area contributed by atoms with Crippen LogP contribution in [0, 0.1) is 5.92 Å². The van der Waals surface area contributed by atoms with Crippen LogP contribution in [0.25, 0.3) is 0 Å². The van der Waals surface area contributed by atoms with Crippen LogP contribution >= 0.6 is 0 Å². The Morgan fingerprint density at radius 1 is 1.06 bits per heavy atom. The van der Waals surface area contributed by atoms with Crippen LogP contribution < -0.4 is 5.73 Å². The van der Waals surface area contributed by atoms with Gasteiger partial charge in [0.2, 0.25) is 0 Å². The van der Waals surface area contributed by atoms with Crippen LogP contribution in [-0.4, -0.2) is 15.3 Å². The molecule has 0 unspecified atom stereocenters. The van der Waals surface area contributed by atoms with Gasteiger partial charge in [-0.25, -0.2) is 0 Å². The normalized spacial score (nSPS) is 13.0. The largest absolute Gasteiger partial charge is 0.508 e. The minimum Gasteiger partial charge on any atom is -0.508 e. The number of phenolic OH excluding ortho intramolecular Hbond substituents is 3. The average molecular weight is 225 g/mol. The predicted octanol–water partition coefficient (Wildman–Crippen LogP) is 2.24. The molecule has 0 aromatic heterocycles. The summed E-state index contributed by atoms with van der Waals surface area (Å²) >= 11 is 0. The second-order valence-electron chi connectivity index (χ2n) is 4.48. The maximum Gasteiger partial charge on any atom is 0.127 e. The van der Waals surface area contributed by atoms with Gasteiger partial charge in [0.25, 0.3) is 0 Å². The zero-order chi connectivity index (χ0) is 12.3. The van der Waals surface area contributed by atoms with Crippen molar-refractivity contribution in [3.63, 3.8) is 0 Å². The summed E-state index contributed by atoms with van der Waals surface area (Å²) in [7, 11) is 0. The average Bonchev–Trinajstić information content (AvgIpc) is 2.12. The fourth-order valence-corrected chi connectivity index (χ4v) is 1.65. The fourth-order valence-electron chi connectivity index (χ4n) is 1.65. The molecule has 4 nitrogen and oxygen atoms in total. The number of rotatable bonds is 4. The summed E-state index contributed by atoms with van der Waals surface area (Å²) in [5, 5.41) is 28.4. The lowest BCUT2D eigenvalue weighted by molar-refractivity contribution is 0.403. The van der Waals surface area contributed by atoms with E-state index in [1.54, 1.807) is 0 Å². The van der Waals surface area contributed by atoms with Gasteiger partial charge in [0.05, 0.1) is 5.56 Å². The van der Waals surface area contributed by atoms with Crippen molar-refractivity contribution in [1.29, 1.82) is 0 Å². The van der Waals surface area contributed by atoms with Crippen LogP contribution in [0.4, 0.5) is 0 Å². The molecule has 0 aliphatic rings. The van der Waals surface area contributed by atoms with Gasteiger partial charge in [-0.05, 0) is 18.8 Å². The highest BCUT2D eigenvalue weighted by atomic mass is 16.3. The third-order valence-corrected chi connectivity index (χ3v) is 2.55. The Hall–Kier alpha value is -1.42. The highest BCUT2D eigenvalue weighted by molar-refractivity contribution is 5.50. The Balaban J connectivity index is 2.86. The smallest absolute Gasteiger partial charge is 0.127 e. The van der Waals surface area contributed by atoms with Crippen LogP contribution in [0.15, 0.2) is 12.1 Å². The first-order chi connectivity index (χ1) is 7.41. The van der Waals surface area contributed by atoms with Gasteiger partial charge in [0, 0.05) is 18.2 Å². The van der Waals surface area contributed by atoms with E-state index in [1.165, 1.54) is 12.1 Å². The van der Waals surface area contributed by atoms with Crippen LogP contribution in [0.1, 0.15) is 38.3 Å². The molecular weight excluding hydrogens is 206 g/mol. The third-order valence-electron chi connectivity index (χ3n) is 2.55. The van der Waals surface area contributed by atoms with Gasteiger partial charge in [0.1, 0.15) is 17.2 Å². The maximum absolute atomic E-state index is 9.61. The minimum absolute atomic E-state index is 0.159. The van der Waals surface area contributed by atoms with E-state index in [2.05, 4.69) is 13.8 Å². The topological polar surface area (TPSA) is 86.7 Å². The number of phenols is 3. The summed E-state index contributed by atoms with van der Waals surface area (Å²) in [5.74, 6) is 0.0322. The number of benzene rings is 1. The number of hydrogen-bond donors (Lipinski definition) is 4. The molecule has 0 fully saturated rings. The van der Waals surface area contributed by atoms with Crippen molar-refractivity contribution in [2.75, 3.05) is 0 Å². The fraction of sp³-hybridized carbons (Fsp3) is 0.500. The molecule has 1 rings (SSSR count). The highest BCUT2D eigenvalue weighted by Gasteiger charge is 2.17. The molecule has 0 amide bonds. The van der Waals surface area contributed by atoms with Crippen molar-refractivity contribution in [3.8, 4) is 17.2 Å². The van der Waals surface area contributed by atoms with E-state index in [0.29, 0.717) is 17.9 Å². The molecule has 16 heavy (non-hydrogen) atoms. The number of hydrogen-bond acceptors (Lipinski definition) is 4. The van der Waals surface area contributed by atoms with Crippen molar-refractivity contribution >= 4 is 0 Å². The molecule has 1 aromatic rings. The molecule has 0 aliphatic carbocycles. The first-order valence-electron chi connectivity index (χ1n) is 5.42. The monoisotopic (exact) mass is 225 g/mol. The SMILES string of the molecule is CC(C)CC[C@H](N)c1c(O)cc(O)cc1O. The first-order valence-corrected chi connectivity index (χ1v) is 5.42. The van der Waals surface area contributed by atoms with Gasteiger partial charge in [0.15, 0.2) is 0 Å². The summed E-state index contributed by atoms with van der Waals surface area (Å²) in [4.78, 5) is 0. The van der Waals surface area contributed by atoms with E-state index in [4.69, 9.17) is 10.8 Å². The van der Waals surface area contributed by atoms with Gasteiger partial charge in [-0.1, -0.05) is 13.8 Å². The maximum atomic E-state index is 9.61. The number of aromatic hydroxyl groups is 3.